The van der Waals surface area contributed by atoms with E-state index in [0.29, 0.717) is 80.3 Å². The number of piperazine rings is 1. The number of carbonyl (C=O) groups is 4. The second-order valence-corrected chi connectivity index (χ2v) is 15.9. The van der Waals surface area contributed by atoms with E-state index in [9.17, 15) is 19.2 Å². The lowest BCUT2D eigenvalue weighted by molar-refractivity contribution is -0.171. The normalized spacial score (nSPS) is 21.0. The molecule has 3 fully saturated rings. The van der Waals surface area contributed by atoms with Crippen LogP contribution < -0.4 is 5.32 Å². The molecule has 3 aromatic carbocycles. The van der Waals surface area contributed by atoms with Gasteiger partial charge in [0.25, 0.3) is 5.91 Å². The number of anilines is 1. The van der Waals surface area contributed by atoms with E-state index in [1.165, 1.54) is 0 Å². The summed E-state index contributed by atoms with van der Waals surface area (Å²) >= 11 is 13.5. The number of hydrogen-bond acceptors (Lipinski definition) is 7. The molecule has 11 nitrogen and oxygen atoms in total. The van der Waals surface area contributed by atoms with Crippen LogP contribution in [0.3, 0.4) is 0 Å². The molecule has 1 saturated carbocycles. The van der Waals surface area contributed by atoms with Crippen LogP contribution in [0.15, 0.2) is 72.9 Å². The van der Waals surface area contributed by atoms with Gasteiger partial charge >= 0.3 is 5.97 Å². The van der Waals surface area contributed by atoms with Gasteiger partial charge in [-0.15, -0.1) is 0 Å². The van der Waals surface area contributed by atoms with E-state index < -0.39 is 6.23 Å². The third kappa shape index (κ3) is 8.91. The number of aromatic nitrogens is 1. The van der Waals surface area contributed by atoms with Gasteiger partial charge in [0.1, 0.15) is 6.23 Å². The largest absolute Gasteiger partial charge is 0.466 e. The van der Waals surface area contributed by atoms with Crippen LogP contribution in [0.4, 0.5) is 5.69 Å². The van der Waals surface area contributed by atoms with E-state index in [4.69, 9.17) is 32.7 Å². The van der Waals surface area contributed by atoms with Crippen LogP contribution in [0, 0.1) is 5.92 Å². The molecule has 2 atom stereocenters. The number of para-hydroxylation sites is 1. The fraction of sp³-hybridized carbons (Fsp3) is 0.442. The maximum atomic E-state index is 14.2. The van der Waals surface area contributed by atoms with E-state index in [1.807, 2.05) is 82.9 Å². The predicted octanol–water partition coefficient (Wildman–Crippen LogP) is 7.08. The van der Waals surface area contributed by atoms with Crippen LogP contribution in [0.1, 0.15) is 66.9 Å². The van der Waals surface area contributed by atoms with Gasteiger partial charge < -0.3 is 29.2 Å². The summed E-state index contributed by atoms with van der Waals surface area (Å²) in [6.07, 6.45) is 5.41. The molecule has 0 spiro atoms. The third-order valence-corrected chi connectivity index (χ3v) is 12.0. The molecule has 7 rings (SSSR count). The highest BCUT2D eigenvalue weighted by Crippen LogP contribution is 2.35. The fourth-order valence-electron chi connectivity index (χ4n) is 8.42. The highest BCUT2D eigenvalue weighted by molar-refractivity contribution is 6.36. The van der Waals surface area contributed by atoms with Crippen LogP contribution >= 0.6 is 23.2 Å². The summed E-state index contributed by atoms with van der Waals surface area (Å²) in [5.41, 5.74) is 3.42. The molecule has 3 heterocycles. The Balaban J connectivity index is 1.05. The highest BCUT2D eigenvalue weighted by atomic mass is 35.5. The number of amides is 3. The van der Waals surface area contributed by atoms with Gasteiger partial charge in [-0.2, -0.15) is 0 Å². The number of rotatable bonds is 12. The molecule has 3 amide bonds. The first-order chi connectivity index (χ1) is 27.1. The van der Waals surface area contributed by atoms with Gasteiger partial charge in [0.15, 0.2) is 0 Å². The summed E-state index contributed by atoms with van der Waals surface area (Å²) in [5, 5.41) is 4.31. The van der Waals surface area contributed by atoms with E-state index in [1.54, 1.807) is 18.3 Å². The molecule has 296 valence electrons. The van der Waals surface area contributed by atoms with Gasteiger partial charge in [-0.3, -0.25) is 24.1 Å². The van der Waals surface area contributed by atoms with E-state index in [2.05, 4.69) is 10.2 Å². The molecule has 0 bridgehead atoms. The number of nitrogens with zero attached hydrogens (tertiary/aromatic N) is 4. The molecular formula is C43H49Cl2N5O6. The molecule has 2 saturated heterocycles. The number of carbonyl (C=O) groups excluding carboxylic acids is 4. The molecule has 4 aromatic rings. The Morgan fingerprint density at radius 3 is 2.41 bits per heavy atom. The zero-order valence-corrected chi connectivity index (χ0v) is 33.4. The molecule has 1 aliphatic carbocycles. The Bertz CT molecular complexity index is 2070. The average Bonchev–Trinajstić information content (AvgIpc) is 3.82. The average molecular weight is 803 g/mol. The van der Waals surface area contributed by atoms with Gasteiger partial charge in [0, 0.05) is 55.3 Å². The third-order valence-electron chi connectivity index (χ3n) is 11.4. The lowest BCUT2D eigenvalue weighted by atomic mass is 9.87. The van der Waals surface area contributed by atoms with Crippen molar-refractivity contribution in [2.75, 3.05) is 38.1 Å². The van der Waals surface area contributed by atoms with Crippen LogP contribution in [0.2, 0.25) is 10.0 Å². The number of ether oxygens (including phenoxy) is 2. The summed E-state index contributed by atoms with van der Waals surface area (Å²) in [6.45, 7) is 4.59. The van der Waals surface area contributed by atoms with Crippen molar-refractivity contribution in [3.63, 3.8) is 0 Å². The molecule has 1 aromatic heterocycles. The van der Waals surface area contributed by atoms with E-state index >= 15 is 0 Å². The van der Waals surface area contributed by atoms with Crippen molar-refractivity contribution in [1.82, 2.24) is 19.3 Å². The number of hydrogen-bond donors (Lipinski definition) is 1. The Hall–Kier alpha value is -4.42. The molecule has 1 unspecified atom stereocenters. The van der Waals surface area contributed by atoms with Gasteiger partial charge in [-0.25, -0.2) is 0 Å². The summed E-state index contributed by atoms with van der Waals surface area (Å²) in [7, 11) is 1.89. The Kier molecular flexibility index (Phi) is 12.7. The Labute approximate surface area is 337 Å². The number of nitrogens with one attached hydrogen (secondary N) is 1. The Morgan fingerprint density at radius 2 is 1.66 bits per heavy atom. The van der Waals surface area contributed by atoms with Gasteiger partial charge in [0.2, 0.25) is 11.8 Å². The lowest BCUT2D eigenvalue weighted by Crippen LogP contribution is -2.60. The predicted molar refractivity (Wildman–Crippen MR) is 216 cm³/mol. The number of halogens is 2. The number of esters is 1. The summed E-state index contributed by atoms with van der Waals surface area (Å²) < 4.78 is 14.1. The topological polar surface area (TPSA) is 113 Å². The van der Waals surface area contributed by atoms with Crippen LogP contribution in [-0.4, -0.2) is 94.1 Å². The second kappa shape index (κ2) is 17.8. The Morgan fingerprint density at radius 1 is 0.911 bits per heavy atom. The quantitative estimate of drug-likeness (QED) is 0.153. The fourth-order valence-corrected chi connectivity index (χ4v) is 8.89. The number of likely N-dealkylation sites (tertiary alicyclic amines) is 1. The van der Waals surface area contributed by atoms with Crippen molar-refractivity contribution in [2.24, 2.45) is 13.0 Å². The summed E-state index contributed by atoms with van der Waals surface area (Å²) in [6, 6.07) is 20.6. The minimum Gasteiger partial charge on any atom is -0.466 e. The maximum Gasteiger partial charge on any atom is 0.308 e. The molecule has 3 aliphatic rings. The van der Waals surface area contributed by atoms with Gasteiger partial charge in [-0.05, 0) is 74.8 Å². The second-order valence-electron chi connectivity index (χ2n) is 15.0. The van der Waals surface area contributed by atoms with Crippen molar-refractivity contribution in [2.45, 2.75) is 76.8 Å². The lowest BCUT2D eigenvalue weighted by Gasteiger charge is -2.44. The van der Waals surface area contributed by atoms with Crippen molar-refractivity contribution < 1.29 is 28.7 Å². The number of benzene rings is 3. The monoisotopic (exact) mass is 801 g/mol. The van der Waals surface area contributed by atoms with Crippen LogP contribution in [0.25, 0.3) is 10.9 Å². The minimum absolute atomic E-state index is 0.00769. The zero-order valence-electron chi connectivity index (χ0n) is 31.9. The van der Waals surface area contributed by atoms with Gasteiger partial charge in [-0.1, -0.05) is 71.7 Å². The first-order valence-electron chi connectivity index (χ1n) is 19.6. The van der Waals surface area contributed by atoms with Crippen molar-refractivity contribution >= 4 is 63.5 Å². The standard InChI is InChI=1S/C43H49Cl2N5O6/c1-3-55-43(54)29-15-17-31(18-16-29)56-42(49-21-20-48(40(52)27-49)25-28-10-5-4-6-11-28)38-14-9-19-50(38)39(51)23-30-22-35(45)36(24-34(30)44)46-41(53)33-26-47(2)37-13-8-7-12-32(33)37/h4-8,10-13,22,24,26,29,31,38,42H,3,9,14-21,23,25,27H2,1-2H3,(H,46,53)/t29?,31?,38-,42?/m0/s1. The molecule has 2 aliphatic heterocycles. The zero-order chi connectivity index (χ0) is 39.3. The molecule has 13 heteroatoms. The van der Waals surface area contributed by atoms with E-state index in [0.717, 1.165) is 29.3 Å². The van der Waals surface area contributed by atoms with Crippen LogP contribution in [-0.2, 0) is 43.9 Å². The van der Waals surface area contributed by atoms with Crippen molar-refractivity contribution in [1.29, 1.82) is 0 Å². The van der Waals surface area contributed by atoms with E-state index in [-0.39, 0.29) is 59.7 Å². The smallest absolute Gasteiger partial charge is 0.308 e. The summed E-state index contributed by atoms with van der Waals surface area (Å²) in [4.78, 5) is 59.5. The number of fused-ring (bicyclic) bond motifs is 1. The summed E-state index contributed by atoms with van der Waals surface area (Å²) in [5.74, 6) is -0.718. The van der Waals surface area contributed by atoms with Gasteiger partial charge in [0.05, 0.1) is 53.9 Å². The minimum atomic E-state index is -0.501. The highest BCUT2D eigenvalue weighted by Gasteiger charge is 2.42. The van der Waals surface area contributed by atoms with Crippen molar-refractivity contribution in [3.05, 3.63) is 99.7 Å². The first-order valence-corrected chi connectivity index (χ1v) is 20.4. The first kappa shape index (κ1) is 39.8. The molecule has 56 heavy (non-hydrogen) atoms. The SMILES string of the molecule is CCOC(=O)C1CCC(OC([C@@H]2CCCN2C(=O)Cc2cc(Cl)c(NC(=O)c3cn(C)c4ccccc34)cc2Cl)N2CCN(Cc3ccccc3)C(=O)C2)CC1. The maximum absolute atomic E-state index is 14.2. The van der Waals surface area contributed by atoms with Crippen LogP contribution in [0.5, 0.6) is 0 Å². The van der Waals surface area contributed by atoms with Crippen molar-refractivity contribution in [3.8, 4) is 0 Å². The molecular weight excluding hydrogens is 753 g/mol. The molecule has 0 radical (unpaired) electrons. The number of aryl methyl sites for hydroxylation is 1. The molecule has 1 N–H and O–H groups in total.